The fourth-order valence-electron chi connectivity index (χ4n) is 3.48. The van der Waals surface area contributed by atoms with E-state index in [0.29, 0.717) is 23.2 Å². The molecule has 1 saturated carbocycles. The van der Waals surface area contributed by atoms with E-state index in [0.717, 1.165) is 24.0 Å². The highest BCUT2D eigenvalue weighted by atomic mass is 16.5. The number of imidazole rings is 1. The first kappa shape index (κ1) is 19.4. The van der Waals surface area contributed by atoms with Crippen LogP contribution in [0.1, 0.15) is 49.1 Å². The van der Waals surface area contributed by atoms with Gasteiger partial charge in [0, 0.05) is 42.0 Å². The van der Waals surface area contributed by atoms with Crippen LogP contribution in [0, 0.1) is 17.8 Å². The summed E-state index contributed by atoms with van der Waals surface area (Å²) >= 11 is 0. The molecule has 2 unspecified atom stereocenters. The normalized spacial score (nSPS) is 20.4. The van der Waals surface area contributed by atoms with Crippen LogP contribution in [0.4, 0.5) is 0 Å². The van der Waals surface area contributed by atoms with Crippen LogP contribution in [0.15, 0.2) is 47.2 Å². The molecule has 1 fully saturated rings. The molecule has 0 radical (unpaired) electrons. The zero-order valence-corrected chi connectivity index (χ0v) is 16.2. The molecule has 1 aromatic carbocycles. The van der Waals surface area contributed by atoms with Gasteiger partial charge in [0.2, 0.25) is 0 Å². The van der Waals surface area contributed by atoms with Gasteiger partial charge >= 0.3 is 0 Å². The lowest BCUT2D eigenvalue weighted by Crippen LogP contribution is -2.26. The van der Waals surface area contributed by atoms with Crippen molar-refractivity contribution >= 4 is 0 Å². The van der Waals surface area contributed by atoms with Crippen molar-refractivity contribution in [1.82, 2.24) is 14.7 Å². The summed E-state index contributed by atoms with van der Waals surface area (Å²) in [5.74, 6) is 7.78. The van der Waals surface area contributed by atoms with Gasteiger partial charge in [0.25, 0.3) is 0 Å². The van der Waals surface area contributed by atoms with Gasteiger partial charge in [-0.25, -0.2) is 4.98 Å². The SMILES string of the molecule is CC(O)c1nccn1C(CN)c1cc(-c2ccc(C#CC3CC(O)C3)cc2)no1. The van der Waals surface area contributed by atoms with Crippen LogP contribution in [-0.2, 0) is 0 Å². The maximum Gasteiger partial charge on any atom is 0.161 e. The summed E-state index contributed by atoms with van der Waals surface area (Å²) < 4.78 is 7.37. The molecule has 3 aromatic rings. The van der Waals surface area contributed by atoms with Gasteiger partial charge in [0.15, 0.2) is 5.76 Å². The number of hydrogen-bond donors (Lipinski definition) is 3. The number of rotatable bonds is 5. The summed E-state index contributed by atoms with van der Waals surface area (Å²) in [5, 5.41) is 23.4. The monoisotopic (exact) mass is 392 g/mol. The number of aliphatic hydroxyl groups excluding tert-OH is 2. The quantitative estimate of drug-likeness (QED) is 0.575. The summed E-state index contributed by atoms with van der Waals surface area (Å²) in [4.78, 5) is 4.20. The summed E-state index contributed by atoms with van der Waals surface area (Å²) in [6.45, 7) is 1.95. The zero-order chi connectivity index (χ0) is 20.4. The smallest absolute Gasteiger partial charge is 0.161 e. The van der Waals surface area contributed by atoms with E-state index in [2.05, 4.69) is 22.0 Å². The first-order valence-corrected chi connectivity index (χ1v) is 9.72. The minimum atomic E-state index is -0.710. The van der Waals surface area contributed by atoms with E-state index in [-0.39, 0.29) is 18.7 Å². The molecular weight excluding hydrogens is 368 g/mol. The third-order valence-electron chi connectivity index (χ3n) is 5.20. The number of nitrogens with two attached hydrogens (primary N) is 1. The molecule has 4 rings (SSSR count). The Labute approximate surface area is 169 Å². The molecule has 0 aliphatic heterocycles. The number of benzene rings is 1. The Morgan fingerprint density at radius 3 is 2.72 bits per heavy atom. The molecule has 2 heterocycles. The van der Waals surface area contributed by atoms with Crippen LogP contribution >= 0.6 is 0 Å². The zero-order valence-electron chi connectivity index (χ0n) is 16.2. The van der Waals surface area contributed by atoms with E-state index in [1.165, 1.54) is 0 Å². The van der Waals surface area contributed by atoms with E-state index in [4.69, 9.17) is 10.3 Å². The van der Waals surface area contributed by atoms with Crippen LogP contribution < -0.4 is 5.73 Å². The summed E-state index contributed by atoms with van der Waals surface area (Å²) in [7, 11) is 0. The second-order valence-corrected chi connectivity index (χ2v) is 7.40. The van der Waals surface area contributed by atoms with Gasteiger partial charge in [-0.2, -0.15) is 0 Å². The average Bonchev–Trinajstić information content (AvgIpc) is 3.36. The van der Waals surface area contributed by atoms with Gasteiger partial charge < -0.3 is 25.0 Å². The summed E-state index contributed by atoms with van der Waals surface area (Å²) in [6.07, 6.45) is 4.04. The van der Waals surface area contributed by atoms with Gasteiger partial charge in [-0.3, -0.25) is 0 Å². The van der Waals surface area contributed by atoms with E-state index >= 15 is 0 Å². The molecule has 0 bridgehead atoms. The number of hydrogen-bond acceptors (Lipinski definition) is 6. The third kappa shape index (κ3) is 4.10. The minimum absolute atomic E-state index is 0.186. The molecule has 2 atom stereocenters. The fraction of sp³-hybridized carbons (Fsp3) is 0.364. The van der Waals surface area contributed by atoms with Crippen molar-refractivity contribution in [3.8, 4) is 23.1 Å². The average molecular weight is 392 g/mol. The van der Waals surface area contributed by atoms with E-state index in [1.54, 1.807) is 19.3 Å². The first-order chi connectivity index (χ1) is 14.0. The molecule has 0 amide bonds. The maximum atomic E-state index is 9.91. The number of nitrogens with zero attached hydrogens (tertiary/aromatic N) is 3. The van der Waals surface area contributed by atoms with Crippen molar-refractivity contribution in [3.63, 3.8) is 0 Å². The van der Waals surface area contributed by atoms with Crippen molar-refractivity contribution in [1.29, 1.82) is 0 Å². The van der Waals surface area contributed by atoms with Gasteiger partial charge in [-0.15, -0.1) is 0 Å². The second-order valence-electron chi connectivity index (χ2n) is 7.40. The van der Waals surface area contributed by atoms with E-state index < -0.39 is 6.10 Å². The molecule has 7 heteroatoms. The second kappa shape index (κ2) is 8.21. The molecule has 0 saturated heterocycles. The topological polar surface area (TPSA) is 110 Å². The third-order valence-corrected chi connectivity index (χ3v) is 5.20. The van der Waals surface area contributed by atoms with Gasteiger partial charge in [-0.05, 0) is 31.9 Å². The van der Waals surface area contributed by atoms with Crippen molar-refractivity contribution in [2.45, 2.75) is 38.0 Å². The highest BCUT2D eigenvalue weighted by Crippen LogP contribution is 2.28. The molecule has 1 aliphatic carbocycles. The molecule has 7 nitrogen and oxygen atoms in total. The summed E-state index contributed by atoms with van der Waals surface area (Å²) in [6, 6.07) is 9.38. The Morgan fingerprint density at radius 2 is 2.07 bits per heavy atom. The van der Waals surface area contributed by atoms with Gasteiger partial charge in [0.05, 0.1) is 6.10 Å². The lowest BCUT2D eigenvalue weighted by atomic mass is 9.83. The van der Waals surface area contributed by atoms with Crippen LogP contribution in [0.5, 0.6) is 0 Å². The standard InChI is InChI=1S/C22H24N4O3/c1-14(27)22-24-8-9-26(22)20(13-23)21-12-19(25-29-21)17-6-4-15(5-7-17)2-3-16-10-18(28)11-16/h4-9,12,14,16,18,20,27-28H,10-11,13,23H2,1H3. The number of aromatic nitrogens is 3. The predicted molar refractivity (Wildman–Crippen MR) is 108 cm³/mol. The van der Waals surface area contributed by atoms with E-state index in [9.17, 15) is 10.2 Å². The van der Waals surface area contributed by atoms with Crippen LogP contribution in [0.25, 0.3) is 11.3 Å². The predicted octanol–water partition coefficient (Wildman–Crippen LogP) is 2.26. The molecule has 4 N–H and O–H groups in total. The van der Waals surface area contributed by atoms with Crippen LogP contribution in [0.2, 0.25) is 0 Å². The Bertz CT molecular complexity index is 1020. The van der Waals surface area contributed by atoms with Crippen LogP contribution in [0.3, 0.4) is 0 Å². The molecule has 29 heavy (non-hydrogen) atoms. The Morgan fingerprint density at radius 1 is 1.31 bits per heavy atom. The fourth-order valence-corrected chi connectivity index (χ4v) is 3.48. The van der Waals surface area contributed by atoms with Crippen LogP contribution in [-0.4, -0.2) is 37.6 Å². The molecule has 150 valence electrons. The first-order valence-electron chi connectivity index (χ1n) is 9.72. The minimum Gasteiger partial charge on any atom is -0.393 e. The van der Waals surface area contributed by atoms with Crippen molar-refractivity contribution < 1.29 is 14.7 Å². The molecule has 1 aliphatic rings. The van der Waals surface area contributed by atoms with Crippen molar-refractivity contribution in [3.05, 3.63) is 59.9 Å². The largest absolute Gasteiger partial charge is 0.393 e. The highest BCUT2D eigenvalue weighted by Gasteiger charge is 2.25. The lowest BCUT2D eigenvalue weighted by molar-refractivity contribution is 0.0666. The van der Waals surface area contributed by atoms with Gasteiger partial charge in [0.1, 0.15) is 23.7 Å². The Kier molecular flexibility index (Phi) is 5.49. The number of aliphatic hydroxyl groups is 2. The Hall–Kier alpha value is -2.92. The van der Waals surface area contributed by atoms with Crippen molar-refractivity contribution in [2.24, 2.45) is 11.7 Å². The molecule has 2 aromatic heterocycles. The van der Waals surface area contributed by atoms with Crippen molar-refractivity contribution in [2.75, 3.05) is 6.54 Å². The summed E-state index contributed by atoms with van der Waals surface area (Å²) in [5.41, 5.74) is 8.52. The lowest BCUT2D eigenvalue weighted by Gasteiger charge is -2.26. The highest BCUT2D eigenvalue weighted by molar-refractivity contribution is 5.60. The molecular formula is C22H24N4O3. The molecule has 0 spiro atoms. The van der Waals surface area contributed by atoms with E-state index in [1.807, 2.05) is 34.9 Å². The Balaban J connectivity index is 1.51. The maximum absolute atomic E-state index is 9.91. The van der Waals surface area contributed by atoms with Gasteiger partial charge in [-0.1, -0.05) is 29.1 Å².